The van der Waals surface area contributed by atoms with Crippen LogP contribution in [0.15, 0.2) is 65.9 Å². The molecular weight excluding hydrogens is 453 g/mol. The van der Waals surface area contributed by atoms with Gasteiger partial charge in [0.25, 0.3) is 17.8 Å². The summed E-state index contributed by atoms with van der Waals surface area (Å²) in [5.74, 6) is -1.12. The molecule has 0 radical (unpaired) electrons. The number of benzene rings is 2. The first-order valence-electron chi connectivity index (χ1n) is 11.0. The maximum absolute atomic E-state index is 15.0. The molecule has 0 bridgehead atoms. The van der Waals surface area contributed by atoms with Gasteiger partial charge in [-0.05, 0) is 43.7 Å². The molecule has 5 rings (SSSR count). The summed E-state index contributed by atoms with van der Waals surface area (Å²) in [6.07, 6.45) is 3.11. The Morgan fingerprint density at radius 3 is 2.60 bits per heavy atom. The average molecular weight is 475 g/mol. The minimum atomic E-state index is -0.993. The summed E-state index contributed by atoms with van der Waals surface area (Å²) < 4.78 is 25.8. The largest absolute Gasteiger partial charge is 0.480 e. The van der Waals surface area contributed by atoms with Crippen LogP contribution >= 0.6 is 0 Å². The van der Waals surface area contributed by atoms with Gasteiger partial charge in [-0.1, -0.05) is 18.2 Å². The highest BCUT2D eigenvalue weighted by Gasteiger charge is 2.57. The molecule has 2 N–H and O–H groups in total. The van der Waals surface area contributed by atoms with Gasteiger partial charge in [-0.3, -0.25) is 14.9 Å². The zero-order chi connectivity index (χ0) is 24.6. The molecule has 3 atom stereocenters. The van der Waals surface area contributed by atoms with E-state index in [-0.39, 0.29) is 35.5 Å². The molecule has 3 aromatic rings. The first-order chi connectivity index (χ1) is 16.9. The molecule has 0 spiro atoms. The molecule has 35 heavy (non-hydrogen) atoms. The number of anilines is 1. The van der Waals surface area contributed by atoms with Gasteiger partial charge in [0.2, 0.25) is 5.88 Å². The number of fused-ring (bicyclic) bond motifs is 1. The summed E-state index contributed by atoms with van der Waals surface area (Å²) in [5.41, 5.74) is 0.209. The van der Waals surface area contributed by atoms with Crippen molar-refractivity contribution in [3.63, 3.8) is 0 Å². The second-order valence-electron chi connectivity index (χ2n) is 8.48. The number of halogens is 1. The van der Waals surface area contributed by atoms with Gasteiger partial charge in [-0.15, -0.1) is 0 Å². The number of rotatable bonds is 5. The van der Waals surface area contributed by atoms with E-state index in [0.29, 0.717) is 23.2 Å². The van der Waals surface area contributed by atoms with E-state index in [1.807, 2.05) is 6.07 Å². The Bertz CT molecular complexity index is 1320. The number of hydrogen-bond donors (Lipinski definition) is 2. The zero-order valence-corrected chi connectivity index (χ0v) is 19.0. The van der Waals surface area contributed by atoms with Gasteiger partial charge >= 0.3 is 0 Å². The molecule has 10 heteroatoms. The molecule has 178 valence electrons. The molecule has 2 amide bonds. The van der Waals surface area contributed by atoms with Gasteiger partial charge < -0.3 is 14.8 Å². The lowest BCUT2D eigenvalue weighted by Crippen LogP contribution is -2.41. The first-order valence-corrected chi connectivity index (χ1v) is 11.0. The normalized spacial score (nSPS) is 22.2. The first kappa shape index (κ1) is 22.5. The van der Waals surface area contributed by atoms with E-state index in [1.165, 1.54) is 31.6 Å². The third-order valence-electron chi connectivity index (χ3n) is 6.15. The van der Waals surface area contributed by atoms with Crippen LogP contribution in [0.1, 0.15) is 39.8 Å². The third kappa shape index (κ3) is 4.42. The number of carbonyl (C=O) groups excluding carboxylic acids is 2. The van der Waals surface area contributed by atoms with Crippen molar-refractivity contribution in [2.24, 2.45) is 10.9 Å². The number of ether oxygens (including phenoxy) is 2. The van der Waals surface area contributed by atoms with Crippen molar-refractivity contribution in [3.8, 4) is 5.88 Å². The average Bonchev–Trinajstić information content (AvgIpc) is 3.66. The maximum Gasteiger partial charge on any atom is 0.292 e. The predicted octanol–water partition coefficient (Wildman–Crippen LogP) is 3.30. The summed E-state index contributed by atoms with van der Waals surface area (Å²) >= 11 is 0. The molecule has 0 saturated heterocycles. The van der Waals surface area contributed by atoms with Crippen molar-refractivity contribution >= 4 is 23.5 Å². The van der Waals surface area contributed by atoms with E-state index in [1.54, 1.807) is 37.3 Å². The van der Waals surface area contributed by atoms with Crippen LogP contribution in [0.5, 0.6) is 5.88 Å². The van der Waals surface area contributed by atoms with E-state index in [0.717, 1.165) is 0 Å². The third-order valence-corrected chi connectivity index (χ3v) is 6.15. The lowest BCUT2D eigenvalue weighted by Gasteiger charge is -2.31. The Balaban J connectivity index is 1.40. The van der Waals surface area contributed by atoms with Crippen molar-refractivity contribution in [2.45, 2.75) is 25.0 Å². The molecule has 1 fully saturated rings. The lowest BCUT2D eigenvalue weighted by molar-refractivity contribution is 0.0954. The van der Waals surface area contributed by atoms with Crippen LogP contribution in [-0.4, -0.2) is 41.0 Å². The molecule has 9 nitrogen and oxygen atoms in total. The fourth-order valence-corrected chi connectivity index (χ4v) is 4.16. The second kappa shape index (κ2) is 8.79. The van der Waals surface area contributed by atoms with Gasteiger partial charge in [-0.2, -0.15) is 0 Å². The number of aromatic nitrogens is 2. The van der Waals surface area contributed by atoms with E-state index in [2.05, 4.69) is 25.6 Å². The van der Waals surface area contributed by atoms with Crippen LogP contribution in [0.2, 0.25) is 0 Å². The molecule has 1 saturated carbocycles. The van der Waals surface area contributed by atoms with Crippen molar-refractivity contribution < 1.29 is 23.5 Å². The summed E-state index contributed by atoms with van der Waals surface area (Å²) in [5, 5.41) is 5.40. The maximum atomic E-state index is 15.0. The smallest absolute Gasteiger partial charge is 0.292 e. The van der Waals surface area contributed by atoms with E-state index >= 15 is 4.39 Å². The highest BCUT2D eigenvalue weighted by Crippen LogP contribution is 2.53. The zero-order valence-electron chi connectivity index (χ0n) is 19.0. The summed E-state index contributed by atoms with van der Waals surface area (Å²) in [6.45, 7) is 1.80. The number of nitrogens with one attached hydrogen (secondary N) is 2. The minimum Gasteiger partial charge on any atom is -0.480 e. The van der Waals surface area contributed by atoms with E-state index in [9.17, 15) is 9.59 Å². The Morgan fingerprint density at radius 1 is 1.09 bits per heavy atom. The number of amidine groups is 1. The fraction of sp³-hybridized carbons (Fsp3) is 0.240. The predicted molar refractivity (Wildman–Crippen MR) is 125 cm³/mol. The standard InChI is InChI=1S/C25H22FN5O4/c1-25(17-11-20(17)35-24(31-25)30-22(32)14-6-4-3-5-7-14)16-10-15(8-9-18(16)26)29-23(33)19-12-28-21(34-2)13-27-19/h3-10,12-13,17,20H,11H2,1-2H3,(H,29,33)(H,30,31,32)/t17-,20+,25-/m0/s1. The van der Waals surface area contributed by atoms with Crippen LogP contribution in [-0.2, 0) is 10.3 Å². The van der Waals surface area contributed by atoms with Gasteiger partial charge in [0, 0.05) is 22.7 Å². The van der Waals surface area contributed by atoms with Crippen molar-refractivity contribution in [2.75, 3.05) is 12.4 Å². The van der Waals surface area contributed by atoms with Crippen molar-refractivity contribution in [1.29, 1.82) is 0 Å². The number of amides is 2. The molecule has 1 aromatic heterocycles. The molecule has 2 aliphatic rings. The highest BCUT2D eigenvalue weighted by atomic mass is 19.1. The van der Waals surface area contributed by atoms with Crippen LogP contribution in [0.4, 0.5) is 10.1 Å². The second-order valence-corrected chi connectivity index (χ2v) is 8.48. The summed E-state index contributed by atoms with van der Waals surface area (Å²) in [7, 11) is 1.45. The Kier molecular flexibility index (Phi) is 5.64. The van der Waals surface area contributed by atoms with Gasteiger partial charge in [0.05, 0.1) is 25.0 Å². The topological polar surface area (TPSA) is 115 Å². The van der Waals surface area contributed by atoms with Crippen LogP contribution in [0.3, 0.4) is 0 Å². The summed E-state index contributed by atoms with van der Waals surface area (Å²) in [6, 6.07) is 13.0. The Morgan fingerprint density at radius 2 is 1.89 bits per heavy atom. The van der Waals surface area contributed by atoms with Gasteiger partial charge in [0.15, 0.2) is 0 Å². The molecule has 1 aliphatic carbocycles. The molecule has 0 unspecified atom stereocenters. The highest BCUT2D eigenvalue weighted by molar-refractivity contribution is 6.04. The number of carbonyl (C=O) groups is 2. The van der Waals surface area contributed by atoms with Gasteiger partial charge in [0.1, 0.15) is 17.6 Å². The summed E-state index contributed by atoms with van der Waals surface area (Å²) in [4.78, 5) is 37.8. The molecular formula is C25H22FN5O4. The number of hydrogen-bond acceptors (Lipinski definition) is 7. The quantitative estimate of drug-likeness (QED) is 0.585. The van der Waals surface area contributed by atoms with Crippen molar-refractivity contribution in [1.82, 2.24) is 15.3 Å². The van der Waals surface area contributed by atoms with Crippen LogP contribution in [0.25, 0.3) is 0 Å². The molecule has 1 aliphatic heterocycles. The van der Waals surface area contributed by atoms with Crippen LogP contribution in [0, 0.1) is 11.7 Å². The minimum absolute atomic E-state index is 0.0439. The lowest BCUT2D eigenvalue weighted by atomic mass is 9.86. The Labute approximate surface area is 200 Å². The van der Waals surface area contributed by atoms with E-state index in [4.69, 9.17) is 9.47 Å². The number of methoxy groups -OCH3 is 1. The van der Waals surface area contributed by atoms with Crippen LogP contribution < -0.4 is 15.4 Å². The monoisotopic (exact) mass is 475 g/mol. The van der Waals surface area contributed by atoms with E-state index < -0.39 is 17.3 Å². The molecule has 2 aromatic carbocycles. The molecule has 2 heterocycles. The Hall–Kier alpha value is -4.34. The van der Waals surface area contributed by atoms with Gasteiger partial charge in [-0.25, -0.2) is 19.4 Å². The van der Waals surface area contributed by atoms with Crippen molar-refractivity contribution in [3.05, 3.63) is 83.6 Å². The number of aliphatic imine (C=N–C) groups is 1. The fourth-order valence-electron chi connectivity index (χ4n) is 4.16. The SMILES string of the molecule is COc1cnc(C(=O)Nc2ccc(F)c([C@]3(C)N=C(NC(=O)c4ccccc4)O[C@@H]4C[C@@H]43)c2)cn1. The number of nitrogens with zero attached hydrogens (tertiary/aromatic N) is 3.